The lowest BCUT2D eigenvalue weighted by atomic mass is 10.1. The van der Waals surface area contributed by atoms with Crippen LogP contribution in [0.4, 0.5) is 5.95 Å². The summed E-state index contributed by atoms with van der Waals surface area (Å²) in [6, 6.07) is 5.74. The van der Waals surface area contributed by atoms with Crippen molar-refractivity contribution in [2.75, 3.05) is 12.4 Å². The van der Waals surface area contributed by atoms with Gasteiger partial charge in [-0.3, -0.25) is 0 Å². The molecule has 0 aliphatic heterocycles. The van der Waals surface area contributed by atoms with E-state index in [4.69, 9.17) is 16.3 Å². The molecule has 1 aromatic carbocycles. The fourth-order valence-electron chi connectivity index (χ4n) is 2.17. The topological polar surface area (TPSA) is 47.0 Å². The highest BCUT2D eigenvalue weighted by Gasteiger charge is 2.13. The second-order valence-electron chi connectivity index (χ2n) is 4.71. The van der Waals surface area contributed by atoms with Gasteiger partial charge in [0.05, 0.1) is 5.39 Å². The summed E-state index contributed by atoms with van der Waals surface area (Å²) >= 11 is 7.62. The van der Waals surface area contributed by atoms with Crippen LogP contribution in [-0.4, -0.2) is 17.0 Å². The van der Waals surface area contributed by atoms with Crippen molar-refractivity contribution in [1.29, 1.82) is 0 Å². The third-order valence-electron chi connectivity index (χ3n) is 3.14. The number of thiophene rings is 1. The van der Waals surface area contributed by atoms with Crippen molar-refractivity contribution >= 4 is 39.1 Å². The Morgan fingerprint density at radius 3 is 2.57 bits per heavy atom. The van der Waals surface area contributed by atoms with Crippen LogP contribution in [0.25, 0.3) is 10.2 Å². The van der Waals surface area contributed by atoms with E-state index in [2.05, 4.69) is 15.3 Å². The standard InChI is InChI=1S/C15H14ClN3OS/c1-8-6-10(16)7-9(2)12(8)20-13-11-4-5-21-14(11)19-15(17-3)18-13/h4-7H,1-3H3,(H,17,18,19). The molecular weight excluding hydrogens is 306 g/mol. The normalized spacial score (nSPS) is 10.9. The quantitative estimate of drug-likeness (QED) is 0.753. The smallest absolute Gasteiger partial charge is 0.232 e. The van der Waals surface area contributed by atoms with Crippen molar-refractivity contribution < 1.29 is 4.74 Å². The highest BCUT2D eigenvalue weighted by atomic mass is 35.5. The van der Waals surface area contributed by atoms with Crippen molar-refractivity contribution in [2.45, 2.75) is 13.8 Å². The zero-order valence-corrected chi connectivity index (χ0v) is 13.5. The fourth-order valence-corrected chi connectivity index (χ4v) is 3.25. The Morgan fingerprint density at radius 1 is 1.19 bits per heavy atom. The predicted octanol–water partition coefficient (Wildman–Crippen LogP) is 4.80. The van der Waals surface area contributed by atoms with Crippen molar-refractivity contribution in [2.24, 2.45) is 0 Å². The maximum absolute atomic E-state index is 6.07. The first kappa shape index (κ1) is 14.1. The first-order valence-corrected chi connectivity index (χ1v) is 7.72. The Bertz CT molecular complexity index is 793. The summed E-state index contributed by atoms with van der Waals surface area (Å²) in [6.45, 7) is 3.94. The first-order valence-electron chi connectivity index (χ1n) is 6.46. The van der Waals surface area contributed by atoms with Crippen molar-refractivity contribution in [3.8, 4) is 11.6 Å². The van der Waals surface area contributed by atoms with E-state index < -0.39 is 0 Å². The lowest BCUT2D eigenvalue weighted by Gasteiger charge is -2.13. The molecule has 1 N–H and O–H groups in total. The van der Waals surface area contributed by atoms with E-state index in [1.54, 1.807) is 18.4 Å². The van der Waals surface area contributed by atoms with Crippen molar-refractivity contribution in [3.05, 3.63) is 39.7 Å². The third-order valence-corrected chi connectivity index (χ3v) is 4.16. The molecule has 3 aromatic rings. The number of nitrogens with one attached hydrogen (secondary N) is 1. The summed E-state index contributed by atoms with van der Waals surface area (Å²) in [7, 11) is 1.79. The van der Waals surface area contributed by atoms with Gasteiger partial charge < -0.3 is 10.1 Å². The average molecular weight is 320 g/mol. The molecule has 0 unspecified atom stereocenters. The van der Waals surface area contributed by atoms with Gasteiger partial charge in [-0.1, -0.05) is 11.6 Å². The molecule has 4 nitrogen and oxygen atoms in total. The van der Waals surface area contributed by atoms with Gasteiger partial charge >= 0.3 is 0 Å². The number of hydrogen-bond donors (Lipinski definition) is 1. The zero-order valence-electron chi connectivity index (χ0n) is 11.9. The number of benzene rings is 1. The van der Waals surface area contributed by atoms with Crippen LogP contribution in [0, 0.1) is 13.8 Å². The van der Waals surface area contributed by atoms with E-state index in [0.29, 0.717) is 16.9 Å². The number of anilines is 1. The molecule has 3 rings (SSSR count). The molecule has 0 aliphatic carbocycles. The summed E-state index contributed by atoms with van der Waals surface area (Å²) in [5.74, 6) is 1.89. The highest BCUT2D eigenvalue weighted by molar-refractivity contribution is 7.16. The van der Waals surface area contributed by atoms with Crippen LogP contribution in [0.15, 0.2) is 23.6 Å². The molecule has 108 valence electrons. The van der Waals surface area contributed by atoms with Gasteiger partial charge in [0.1, 0.15) is 10.6 Å². The molecule has 21 heavy (non-hydrogen) atoms. The molecule has 0 saturated carbocycles. The number of aryl methyl sites for hydroxylation is 2. The van der Waals surface area contributed by atoms with Crippen LogP contribution in [0.5, 0.6) is 11.6 Å². The van der Waals surface area contributed by atoms with E-state index in [0.717, 1.165) is 27.1 Å². The van der Waals surface area contributed by atoms with Gasteiger partial charge in [0.2, 0.25) is 11.8 Å². The minimum Gasteiger partial charge on any atom is -0.438 e. The number of halogens is 1. The molecule has 2 aromatic heterocycles. The van der Waals surface area contributed by atoms with E-state index >= 15 is 0 Å². The van der Waals surface area contributed by atoms with E-state index in [1.807, 2.05) is 37.4 Å². The minimum atomic E-state index is 0.546. The molecule has 2 heterocycles. The summed E-state index contributed by atoms with van der Waals surface area (Å²) in [4.78, 5) is 9.73. The Labute approximate surface area is 131 Å². The second-order valence-corrected chi connectivity index (χ2v) is 6.04. The summed E-state index contributed by atoms with van der Waals surface area (Å²) in [5, 5.41) is 6.55. The molecule has 0 fully saturated rings. The maximum atomic E-state index is 6.07. The molecular formula is C15H14ClN3OS. The number of nitrogens with zero attached hydrogens (tertiary/aromatic N) is 2. The number of aromatic nitrogens is 2. The van der Waals surface area contributed by atoms with Crippen LogP contribution >= 0.6 is 22.9 Å². The number of fused-ring (bicyclic) bond motifs is 1. The number of hydrogen-bond acceptors (Lipinski definition) is 5. The van der Waals surface area contributed by atoms with Crippen LogP contribution in [0.2, 0.25) is 5.02 Å². The lowest BCUT2D eigenvalue weighted by molar-refractivity contribution is 0.462. The minimum absolute atomic E-state index is 0.546. The van der Waals surface area contributed by atoms with E-state index in [1.165, 1.54) is 0 Å². The van der Waals surface area contributed by atoms with Crippen molar-refractivity contribution in [1.82, 2.24) is 9.97 Å². The molecule has 0 aliphatic rings. The van der Waals surface area contributed by atoms with Gasteiger partial charge in [-0.05, 0) is 48.6 Å². The molecule has 0 spiro atoms. The SMILES string of the molecule is CNc1nc(Oc2c(C)cc(Cl)cc2C)c2ccsc2n1. The highest BCUT2D eigenvalue weighted by Crippen LogP contribution is 2.35. The Morgan fingerprint density at radius 2 is 1.90 bits per heavy atom. The summed E-state index contributed by atoms with van der Waals surface area (Å²) in [5.41, 5.74) is 1.96. The molecule has 0 radical (unpaired) electrons. The third kappa shape index (κ3) is 2.66. The predicted molar refractivity (Wildman–Crippen MR) is 88.0 cm³/mol. The summed E-state index contributed by atoms with van der Waals surface area (Å²) < 4.78 is 6.07. The average Bonchev–Trinajstić information content (AvgIpc) is 2.90. The van der Waals surface area contributed by atoms with Gasteiger partial charge in [-0.2, -0.15) is 4.98 Å². The zero-order chi connectivity index (χ0) is 15.0. The summed E-state index contributed by atoms with van der Waals surface area (Å²) in [6.07, 6.45) is 0. The first-order chi connectivity index (χ1) is 10.1. The fraction of sp³-hybridized carbons (Fsp3) is 0.200. The van der Waals surface area contributed by atoms with E-state index in [9.17, 15) is 0 Å². The Hall–Kier alpha value is -1.85. The van der Waals surface area contributed by atoms with Gasteiger partial charge in [0.15, 0.2) is 0 Å². The van der Waals surface area contributed by atoms with E-state index in [-0.39, 0.29) is 0 Å². The monoisotopic (exact) mass is 319 g/mol. The molecule has 0 saturated heterocycles. The van der Waals surface area contributed by atoms with Crippen molar-refractivity contribution in [3.63, 3.8) is 0 Å². The number of rotatable bonds is 3. The Balaban J connectivity index is 2.11. The van der Waals surface area contributed by atoms with Crippen LogP contribution < -0.4 is 10.1 Å². The van der Waals surface area contributed by atoms with Crippen LogP contribution in [0.3, 0.4) is 0 Å². The Kier molecular flexibility index (Phi) is 3.69. The van der Waals surface area contributed by atoms with Gasteiger partial charge in [-0.15, -0.1) is 11.3 Å². The second kappa shape index (κ2) is 5.50. The molecule has 6 heteroatoms. The maximum Gasteiger partial charge on any atom is 0.232 e. The van der Waals surface area contributed by atoms with Gasteiger partial charge in [0, 0.05) is 12.1 Å². The molecule has 0 atom stereocenters. The molecule has 0 bridgehead atoms. The number of ether oxygens (including phenoxy) is 1. The van der Waals surface area contributed by atoms with Gasteiger partial charge in [-0.25, -0.2) is 4.98 Å². The largest absolute Gasteiger partial charge is 0.438 e. The van der Waals surface area contributed by atoms with Crippen LogP contribution in [-0.2, 0) is 0 Å². The van der Waals surface area contributed by atoms with Gasteiger partial charge in [0.25, 0.3) is 0 Å². The van der Waals surface area contributed by atoms with Crippen LogP contribution in [0.1, 0.15) is 11.1 Å². The molecule has 0 amide bonds. The lowest BCUT2D eigenvalue weighted by Crippen LogP contribution is -1.99.